The Morgan fingerprint density at radius 1 is 0.297 bits per heavy atom. The maximum absolute atomic E-state index is 6.67. The number of aromatic nitrogens is 2. The molecule has 0 fully saturated rings. The van der Waals surface area contributed by atoms with E-state index in [4.69, 9.17) is 4.42 Å². The van der Waals surface area contributed by atoms with Crippen LogP contribution < -0.4 is 20.7 Å². The van der Waals surface area contributed by atoms with Crippen molar-refractivity contribution in [2.45, 2.75) is 0 Å². The highest BCUT2D eigenvalue weighted by molar-refractivity contribution is 7.19. The van der Waals surface area contributed by atoms with Crippen LogP contribution >= 0.6 is 0 Å². The van der Waals surface area contributed by atoms with Crippen molar-refractivity contribution < 1.29 is 4.42 Å². The normalized spacial score (nSPS) is 12.1. The number of nitrogens with zero attached hydrogens (tertiary/aromatic N) is 2. The number of rotatable bonds is 7. The van der Waals surface area contributed by atoms with Gasteiger partial charge in [-0.15, -0.1) is 0 Å². The van der Waals surface area contributed by atoms with Gasteiger partial charge in [0.05, 0.1) is 22.1 Å². The molecule has 4 heteroatoms. The van der Waals surface area contributed by atoms with Crippen molar-refractivity contribution in [2.75, 3.05) is 0 Å². The third-order valence-corrected chi connectivity index (χ3v) is 18.2. The van der Waals surface area contributed by atoms with E-state index in [-0.39, 0.29) is 0 Å². The summed E-state index contributed by atoms with van der Waals surface area (Å²) in [6, 6.07) is 89.2. The van der Waals surface area contributed by atoms with Crippen molar-refractivity contribution in [3.63, 3.8) is 0 Å². The molecule has 13 aromatic rings. The standard InChI is InChI=1S/C60H40N2OSi/c1-4-20-43(21-5-1)64(44-22-6-2-7-23-44,45-24-8-3-9-25-45)46-26-16-19-41(39-46)61-55-34-13-10-27-47(55)49-38-37-42(40-57(49)61)62-56-35-14-11-28-48(56)51-30-17-31-52(59(51)62)54-33-18-32-53-50-29-12-15-36-58(50)63-60(53)54/h1-40H. The number of furan rings is 1. The molecule has 300 valence electrons. The van der Waals surface area contributed by atoms with Crippen molar-refractivity contribution in [1.29, 1.82) is 0 Å². The Morgan fingerprint density at radius 3 is 1.47 bits per heavy atom. The zero-order valence-electron chi connectivity index (χ0n) is 34.9. The largest absolute Gasteiger partial charge is 0.455 e. The molecular formula is C60H40N2OSi. The highest BCUT2D eigenvalue weighted by Crippen LogP contribution is 2.43. The van der Waals surface area contributed by atoms with Gasteiger partial charge in [0.2, 0.25) is 0 Å². The lowest BCUT2D eigenvalue weighted by atomic mass is 9.99. The summed E-state index contributed by atoms with van der Waals surface area (Å²) in [7, 11) is -2.79. The second-order valence-electron chi connectivity index (χ2n) is 16.8. The Labute approximate surface area is 371 Å². The summed E-state index contributed by atoms with van der Waals surface area (Å²) in [5.74, 6) is 0. The zero-order chi connectivity index (χ0) is 42.2. The summed E-state index contributed by atoms with van der Waals surface area (Å²) in [5, 5.41) is 12.5. The molecule has 0 aliphatic carbocycles. The predicted molar refractivity (Wildman–Crippen MR) is 271 cm³/mol. The zero-order valence-corrected chi connectivity index (χ0v) is 35.9. The maximum Gasteiger partial charge on any atom is 0.179 e. The minimum atomic E-state index is -2.79. The highest BCUT2D eigenvalue weighted by atomic mass is 28.3. The third-order valence-electron chi connectivity index (χ3n) is 13.5. The Kier molecular flexibility index (Phi) is 8.23. The number of hydrogen-bond acceptors (Lipinski definition) is 1. The van der Waals surface area contributed by atoms with E-state index in [1.54, 1.807) is 0 Å². The molecule has 0 bridgehead atoms. The van der Waals surface area contributed by atoms with Gasteiger partial charge in [-0.3, -0.25) is 0 Å². The Morgan fingerprint density at radius 2 is 0.781 bits per heavy atom. The fourth-order valence-corrected chi connectivity index (χ4v) is 15.6. The first kappa shape index (κ1) is 36.5. The molecule has 0 saturated heterocycles. The molecule has 0 saturated carbocycles. The lowest BCUT2D eigenvalue weighted by molar-refractivity contribution is 0.670. The summed E-state index contributed by atoms with van der Waals surface area (Å²) in [6.07, 6.45) is 0. The number of para-hydroxylation sites is 5. The summed E-state index contributed by atoms with van der Waals surface area (Å²) < 4.78 is 11.6. The summed E-state index contributed by atoms with van der Waals surface area (Å²) in [6.45, 7) is 0. The Balaban J connectivity index is 1.08. The summed E-state index contributed by atoms with van der Waals surface area (Å²) in [4.78, 5) is 0. The van der Waals surface area contributed by atoms with Gasteiger partial charge in [-0.05, 0) is 63.2 Å². The van der Waals surface area contributed by atoms with Crippen LogP contribution in [-0.4, -0.2) is 17.2 Å². The van der Waals surface area contributed by atoms with Crippen molar-refractivity contribution in [1.82, 2.24) is 9.13 Å². The smallest absolute Gasteiger partial charge is 0.179 e. The van der Waals surface area contributed by atoms with E-state index in [1.165, 1.54) is 47.8 Å². The first-order chi connectivity index (χ1) is 31.8. The minimum Gasteiger partial charge on any atom is -0.455 e. The van der Waals surface area contributed by atoms with Gasteiger partial charge in [-0.2, -0.15) is 0 Å². The number of hydrogen-bond donors (Lipinski definition) is 0. The average Bonchev–Trinajstić information content (AvgIpc) is 4.03. The third kappa shape index (κ3) is 5.33. The molecule has 10 aromatic carbocycles. The van der Waals surface area contributed by atoms with Gasteiger partial charge in [-0.25, -0.2) is 0 Å². The van der Waals surface area contributed by atoms with Gasteiger partial charge in [-0.1, -0.05) is 200 Å². The van der Waals surface area contributed by atoms with E-state index < -0.39 is 8.07 Å². The van der Waals surface area contributed by atoms with E-state index in [9.17, 15) is 0 Å². The van der Waals surface area contributed by atoms with Gasteiger partial charge < -0.3 is 13.6 Å². The fraction of sp³-hybridized carbons (Fsp3) is 0. The van der Waals surface area contributed by atoms with Crippen LogP contribution in [0.3, 0.4) is 0 Å². The average molecular weight is 833 g/mol. The molecule has 3 heterocycles. The molecule has 0 atom stereocenters. The molecule has 0 aliphatic heterocycles. The van der Waals surface area contributed by atoms with Crippen LogP contribution in [-0.2, 0) is 0 Å². The van der Waals surface area contributed by atoms with Crippen molar-refractivity contribution in [3.8, 4) is 22.5 Å². The second kappa shape index (κ2) is 14.5. The highest BCUT2D eigenvalue weighted by Gasteiger charge is 2.41. The lowest BCUT2D eigenvalue weighted by Crippen LogP contribution is -2.74. The van der Waals surface area contributed by atoms with Gasteiger partial charge in [0, 0.05) is 54.8 Å². The molecule has 3 nitrogen and oxygen atoms in total. The van der Waals surface area contributed by atoms with E-state index in [0.717, 1.165) is 61.0 Å². The Hall–Kier alpha value is -8.18. The van der Waals surface area contributed by atoms with Crippen molar-refractivity contribution in [2.24, 2.45) is 0 Å². The number of fused-ring (bicyclic) bond motifs is 9. The predicted octanol–water partition coefficient (Wildman–Crippen LogP) is 12.8. The lowest BCUT2D eigenvalue weighted by Gasteiger charge is -2.34. The van der Waals surface area contributed by atoms with Crippen LogP contribution in [0.25, 0.3) is 88.1 Å². The van der Waals surface area contributed by atoms with Gasteiger partial charge in [0.15, 0.2) is 8.07 Å². The molecule has 0 N–H and O–H groups in total. The molecule has 0 unspecified atom stereocenters. The summed E-state index contributed by atoms with van der Waals surface area (Å²) >= 11 is 0. The molecule has 0 spiro atoms. The Bertz CT molecular complexity index is 3800. The molecular weight excluding hydrogens is 793 g/mol. The van der Waals surface area contributed by atoms with Gasteiger partial charge in [0.1, 0.15) is 11.2 Å². The van der Waals surface area contributed by atoms with E-state index in [1.807, 2.05) is 6.07 Å². The molecule has 64 heavy (non-hydrogen) atoms. The fourth-order valence-electron chi connectivity index (χ4n) is 10.8. The molecule has 0 aliphatic rings. The number of benzene rings is 10. The van der Waals surface area contributed by atoms with Crippen LogP contribution in [0.4, 0.5) is 0 Å². The van der Waals surface area contributed by atoms with Crippen LogP contribution in [0.2, 0.25) is 0 Å². The summed E-state index contributed by atoms with van der Waals surface area (Å²) in [5.41, 5.74) is 10.9. The van der Waals surface area contributed by atoms with Gasteiger partial charge in [0.25, 0.3) is 0 Å². The van der Waals surface area contributed by atoms with Crippen molar-refractivity contribution >= 4 is 94.4 Å². The monoisotopic (exact) mass is 832 g/mol. The molecule has 13 rings (SSSR count). The second-order valence-corrected chi connectivity index (χ2v) is 20.6. The first-order valence-corrected chi connectivity index (χ1v) is 24.0. The van der Waals surface area contributed by atoms with Crippen LogP contribution in [0.15, 0.2) is 247 Å². The quantitative estimate of drug-likeness (QED) is 0.116. The van der Waals surface area contributed by atoms with E-state index >= 15 is 0 Å². The van der Waals surface area contributed by atoms with Crippen LogP contribution in [0, 0.1) is 0 Å². The molecule has 0 amide bonds. The molecule has 3 aromatic heterocycles. The van der Waals surface area contributed by atoms with Crippen LogP contribution in [0.1, 0.15) is 0 Å². The van der Waals surface area contributed by atoms with Crippen molar-refractivity contribution in [3.05, 3.63) is 243 Å². The topological polar surface area (TPSA) is 23.0 Å². The minimum absolute atomic E-state index is 0.899. The SMILES string of the molecule is c1ccc([Si](c2ccccc2)(c2ccccc2)c2cccc(-n3c4ccccc4c4ccc(-n5c6ccccc6c6cccc(-c7cccc8c7oc7ccccc78)c65)cc43)c2)cc1. The maximum atomic E-state index is 6.67. The van der Waals surface area contributed by atoms with E-state index in [2.05, 4.69) is 246 Å². The van der Waals surface area contributed by atoms with Crippen LogP contribution in [0.5, 0.6) is 0 Å². The van der Waals surface area contributed by atoms with E-state index in [0.29, 0.717) is 0 Å². The van der Waals surface area contributed by atoms with Gasteiger partial charge >= 0.3 is 0 Å². The molecule has 0 radical (unpaired) electrons. The first-order valence-electron chi connectivity index (χ1n) is 22.0.